The molecule has 1 N–H and O–H groups in total. The van der Waals surface area contributed by atoms with Crippen LogP contribution in [0.2, 0.25) is 5.02 Å². The minimum atomic E-state index is 0.0558. The second-order valence-electron chi connectivity index (χ2n) is 6.02. The molecule has 1 aliphatic rings. The predicted octanol–water partition coefficient (Wildman–Crippen LogP) is 4.07. The molecule has 128 valence electrons. The predicted molar refractivity (Wildman–Crippen MR) is 99.8 cm³/mol. The van der Waals surface area contributed by atoms with Gasteiger partial charge in [0.1, 0.15) is 10.7 Å². The van der Waals surface area contributed by atoms with Gasteiger partial charge in [-0.25, -0.2) is 4.98 Å². The number of benzene rings is 1. The lowest BCUT2D eigenvalue weighted by atomic mass is 10.0. The van der Waals surface area contributed by atoms with Gasteiger partial charge in [-0.15, -0.1) is 11.3 Å². The van der Waals surface area contributed by atoms with Crippen molar-refractivity contribution in [1.29, 1.82) is 0 Å². The van der Waals surface area contributed by atoms with E-state index in [0.717, 1.165) is 49.5 Å². The maximum Gasteiger partial charge on any atom is 0.273 e. The summed E-state index contributed by atoms with van der Waals surface area (Å²) in [6.07, 6.45) is 2.99. The van der Waals surface area contributed by atoms with Gasteiger partial charge in [-0.3, -0.25) is 4.79 Å². The first-order valence-corrected chi connectivity index (χ1v) is 9.68. The molecule has 0 atom stereocenters. The SMILES string of the molecule is CCCN(C(=O)c1csc(-c2ccc(Cl)cc2)n1)C1CCNCC1. The molecule has 0 bridgehead atoms. The molecule has 0 saturated carbocycles. The molecule has 0 aliphatic carbocycles. The summed E-state index contributed by atoms with van der Waals surface area (Å²) in [5.41, 5.74) is 1.55. The minimum absolute atomic E-state index is 0.0558. The first kappa shape index (κ1) is 17.4. The van der Waals surface area contributed by atoms with E-state index in [9.17, 15) is 4.79 Å². The number of hydrogen-bond donors (Lipinski definition) is 1. The van der Waals surface area contributed by atoms with Gasteiger partial charge in [0.15, 0.2) is 0 Å². The van der Waals surface area contributed by atoms with Crippen LogP contribution >= 0.6 is 22.9 Å². The van der Waals surface area contributed by atoms with Crippen LogP contribution < -0.4 is 5.32 Å². The van der Waals surface area contributed by atoms with E-state index >= 15 is 0 Å². The maximum absolute atomic E-state index is 13.0. The summed E-state index contributed by atoms with van der Waals surface area (Å²) in [6, 6.07) is 7.88. The first-order chi connectivity index (χ1) is 11.7. The van der Waals surface area contributed by atoms with Gasteiger partial charge >= 0.3 is 0 Å². The Hall–Kier alpha value is -1.43. The van der Waals surface area contributed by atoms with Crippen molar-refractivity contribution in [3.63, 3.8) is 0 Å². The standard InChI is InChI=1S/C18H22ClN3OS/c1-2-11-22(15-7-9-20-10-8-15)18(23)16-12-24-17(21-16)13-3-5-14(19)6-4-13/h3-6,12,15,20H,2,7-11H2,1H3. The average molecular weight is 364 g/mol. The van der Waals surface area contributed by atoms with Crippen molar-refractivity contribution < 1.29 is 4.79 Å². The molecule has 1 aromatic carbocycles. The molecular formula is C18H22ClN3OS. The first-order valence-electron chi connectivity index (χ1n) is 8.42. The molecule has 0 unspecified atom stereocenters. The molecule has 2 heterocycles. The zero-order chi connectivity index (χ0) is 16.9. The maximum atomic E-state index is 13.0. The number of rotatable bonds is 5. The fourth-order valence-corrected chi connectivity index (χ4v) is 3.98. The van der Waals surface area contributed by atoms with Crippen LogP contribution in [0.25, 0.3) is 10.6 Å². The number of carbonyl (C=O) groups is 1. The number of thiazole rings is 1. The molecule has 1 aromatic heterocycles. The van der Waals surface area contributed by atoms with Crippen molar-refractivity contribution in [2.75, 3.05) is 19.6 Å². The normalized spacial score (nSPS) is 15.4. The molecule has 1 saturated heterocycles. The highest BCUT2D eigenvalue weighted by Gasteiger charge is 2.27. The molecule has 0 spiro atoms. The molecule has 24 heavy (non-hydrogen) atoms. The summed E-state index contributed by atoms with van der Waals surface area (Å²) in [5.74, 6) is 0.0558. The van der Waals surface area contributed by atoms with Crippen LogP contribution in [-0.4, -0.2) is 41.5 Å². The monoisotopic (exact) mass is 363 g/mol. The molecule has 1 fully saturated rings. The molecule has 4 nitrogen and oxygen atoms in total. The van der Waals surface area contributed by atoms with Crippen LogP contribution in [0.4, 0.5) is 0 Å². The zero-order valence-corrected chi connectivity index (χ0v) is 15.4. The lowest BCUT2D eigenvalue weighted by Gasteiger charge is -2.34. The van der Waals surface area contributed by atoms with Crippen molar-refractivity contribution >= 4 is 28.8 Å². The van der Waals surface area contributed by atoms with Gasteiger partial charge in [-0.05, 0) is 44.5 Å². The van der Waals surface area contributed by atoms with Crippen LogP contribution in [0.5, 0.6) is 0 Å². The number of nitrogens with one attached hydrogen (secondary N) is 1. The lowest BCUT2D eigenvalue weighted by molar-refractivity contribution is 0.0637. The van der Waals surface area contributed by atoms with Gasteiger partial charge < -0.3 is 10.2 Å². The Morgan fingerprint density at radius 1 is 1.33 bits per heavy atom. The van der Waals surface area contributed by atoms with E-state index in [-0.39, 0.29) is 5.91 Å². The van der Waals surface area contributed by atoms with Gasteiger partial charge in [0.2, 0.25) is 0 Å². The van der Waals surface area contributed by atoms with Crippen LogP contribution in [0.15, 0.2) is 29.6 Å². The van der Waals surface area contributed by atoms with E-state index in [1.807, 2.05) is 34.5 Å². The third-order valence-corrected chi connectivity index (χ3v) is 5.43. The highest BCUT2D eigenvalue weighted by atomic mass is 35.5. The van der Waals surface area contributed by atoms with E-state index in [1.165, 1.54) is 11.3 Å². The summed E-state index contributed by atoms with van der Waals surface area (Å²) in [6.45, 7) is 4.86. The van der Waals surface area contributed by atoms with Crippen molar-refractivity contribution in [1.82, 2.24) is 15.2 Å². The molecule has 1 amide bonds. The minimum Gasteiger partial charge on any atom is -0.334 e. The molecule has 3 rings (SSSR count). The van der Waals surface area contributed by atoms with Crippen molar-refractivity contribution in [2.45, 2.75) is 32.2 Å². The van der Waals surface area contributed by atoms with Gasteiger partial charge in [-0.2, -0.15) is 0 Å². The fraction of sp³-hybridized carbons (Fsp3) is 0.444. The molecule has 1 aliphatic heterocycles. The van der Waals surface area contributed by atoms with E-state index in [2.05, 4.69) is 17.2 Å². The Morgan fingerprint density at radius 3 is 2.71 bits per heavy atom. The second kappa shape index (κ2) is 8.10. The van der Waals surface area contributed by atoms with Gasteiger partial charge in [0.05, 0.1) is 0 Å². The second-order valence-corrected chi connectivity index (χ2v) is 7.32. The fourth-order valence-electron chi connectivity index (χ4n) is 3.05. The van der Waals surface area contributed by atoms with Crippen LogP contribution in [-0.2, 0) is 0 Å². The number of amides is 1. The van der Waals surface area contributed by atoms with E-state index in [0.29, 0.717) is 16.8 Å². The van der Waals surface area contributed by atoms with Crippen LogP contribution in [0.1, 0.15) is 36.7 Å². The highest BCUT2D eigenvalue weighted by Crippen LogP contribution is 2.26. The molecular weight excluding hydrogens is 342 g/mol. The van der Waals surface area contributed by atoms with Crippen molar-refractivity contribution in [2.24, 2.45) is 0 Å². The Kier molecular flexibility index (Phi) is 5.87. The number of hydrogen-bond acceptors (Lipinski definition) is 4. The van der Waals surface area contributed by atoms with Crippen molar-refractivity contribution in [3.05, 3.63) is 40.4 Å². The van der Waals surface area contributed by atoms with E-state index in [1.54, 1.807) is 0 Å². The third kappa shape index (κ3) is 3.97. The number of aromatic nitrogens is 1. The van der Waals surface area contributed by atoms with E-state index in [4.69, 9.17) is 11.6 Å². The Labute approximate surface area is 151 Å². The number of piperidine rings is 1. The summed E-state index contributed by atoms with van der Waals surface area (Å²) < 4.78 is 0. The van der Waals surface area contributed by atoms with Gasteiger partial charge in [0, 0.05) is 28.6 Å². The Morgan fingerprint density at radius 2 is 2.04 bits per heavy atom. The molecule has 6 heteroatoms. The topological polar surface area (TPSA) is 45.2 Å². The molecule has 2 aromatic rings. The Balaban J connectivity index is 1.78. The number of halogens is 1. The summed E-state index contributed by atoms with van der Waals surface area (Å²) in [4.78, 5) is 19.6. The molecule has 0 radical (unpaired) electrons. The van der Waals surface area contributed by atoms with Crippen LogP contribution in [0.3, 0.4) is 0 Å². The number of carbonyl (C=O) groups excluding carboxylic acids is 1. The van der Waals surface area contributed by atoms with Gasteiger partial charge in [0.25, 0.3) is 5.91 Å². The van der Waals surface area contributed by atoms with Gasteiger partial charge in [-0.1, -0.05) is 30.7 Å². The zero-order valence-electron chi connectivity index (χ0n) is 13.8. The van der Waals surface area contributed by atoms with Crippen LogP contribution in [0, 0.1) is 0 Å². The summed E-state index contributed by atoms with van der Waals surface area (Å²) in [5, 5.41) is 6.79. The quantitative estimate of drug-likeness (QED) is 0.871. The average Bonchev–Trinajstić information content (AvgIpc) is 3.10. The lowest BCUT2D eigenvalue weighted by Crippen LogP contribution is -2.46. The van der Waals surface area contributed by atoms with E-state index < -0.39 is 0 Å². The highest BCUT2D eigenvalue weighted by molar-refractivity contribution is 7.13. The third-order valence-electron chi connectivity index (χ3n) is 4.29. The Bertz CT molecular complexity index is 680. The summed E-state index contributed by atoms with van der Waals surface area (Å²) in [7, 11) is 0. The largest absolute Gasteiger partial charge is 0.334 e. The van der Waals surface area contributed by atoms with Crippen molar-refractivity contribution in [3.8, 4) is 10.6 Å². The summed E-state index contributed by atoms with van der Waals surface area (Å²) >= 11 is 7.44. The smallest absolute Gasteiger partial charge is 0.273 e. The number of nitrogens with zero attached hydrogens (tertiary/aromatic N) is 2.